The fourth-order valence-electron chi connectivity index (χ4n) is 2.32. The molecule has 1 N–H and O–H groups in total. The molecule has 0 unspecified atom stereocenters. The van der Waals surface area contributed by atoms with Gasteiger partial charge in [0.15, 0.2) is 0 Å². The average molecular weight is 346 g/mol. The fraction of sp³-hybridized carbons (Fsp3) is 0.278. The number of nitrogens with one attached hydrogen (secondary N) is 1. The van der Waals surface area contributed by atoms with Gasteiger partial charge in [0.1, 0.15) is 6.54 Å². The first kappa shape index (κ1) is 18.0. The molecule has 128 valence electrons. The van der Waals surface area contributed by atoms with Crippen molar-refractivity contribution in [3.05, 3.63) is 60.2 Å². The van der Waals surface area contributed by atoms with Crippen LogP contribution >= 0.6 is 0 Å². The van der Waals surface area contributed by atoms with Crippen molar-refractivity contribution in [1.82, 2.24) is 5.32 Å². The molecule has 0 spiro atoms. The zero-order valence-electron chi connectivity index (χ0n) is 13.9. The summed E-state index contributed by atoms with van der Waals surface area (Å²) in [7, 11) is -3.81. The van der Waals surface area contributed by atoms with E-state index in [0.717, 1.165) is 16.3 Å². The van der Waals surface area contributed by atoms with Gasteiger partial charge in [0.25, 0.3) is 10.0 Å². The largest absolute Gasteiger partial charge is 0.355 e. The van der Waals surface area contributed by atoms with Crippen LogP contribution in [-0.4, -0.2) is 27.4 Å². The Morgan fingerprint density at radius 1 is 1.00 bits per heavy atom. The van der Waals surface area contributed by atoms with E-state index in [-0.39, 0.29) is 17.3 Å². The summed E-state index contributed by atoms with van der Waals surface area (Å²) in [6.07, 6.45) is 0.863. The number of hydrogen-bond donors (Lipinski definition) is 1. The SMILES string of the molecule is CCNC(=O)CN(c1ccc(CC)cc1)S(=O)(=O)c1ccccc1. The highest BCUT2D eigenvalue weighted by atomic mass is 32.2. The lowest BCUT2D eigenvalue weighted by Gasteiger charge is -2.24. The van der Waals surface area contributed by atoms with E-state index < -0.39 is 10.0 Å². The summed E-state index contributed by atoms with van der Waals surface area (Å²) in [6.45, 7) is 4.02. The Bertz CT molecular complexity index is 772. The third kappa shape index (κ3) is 4.14. The van der Waals surface area contributed by atoms with Gasteiger partial charge in [-0.3, -0.25) is 9.10 Å². The molecule has 0 fully saturated rings. The molecular weight excluding hydrogens is 324 g/mol. The summed E-state index contributed by atoms with van der Waals surface area (Å²) >= 11 is 0. The van der Waals surface area contributed by atoms with Gasteiger partial charge in [-0.05, 0) is 43.2 Å². The Morgan fingerprint density at radius 2 is 1.62 bits per heavy atom. The first-order chi connectivity index (χ1) is 11.5. The molecule has 0 bridgehead atoms. The normalized spacial score (nSPS) is 11.1. The monoisotopic (exact) mass is 346 g/mol. The number of benzene rings is 2. The number of aryl methyl sites for hydroxylation is 1. The van der Waals surface area contributed by atoms with Gasteiger partial charge in [-0.1, -0.05) is 37.3 Å². The molecule has 0 saturated heterocycles. The number of rotatable bonds is 7. The lowest BCUT2D eigenvalue weighted by atomic mass is 10.1. The minimum atomic E-state index is -3.81. The maximum absolute atomic E-state index is 13.0. The van der Waals surface area contributed by atoms with Gasteiger partial charge < -0.3 is 5.32 Å². The van der Waals surface area contributed by atoms with Crippen LogP contribution in [0.4, 0.5) is 5.69 Å². The molecule has 0 radical (unpaired) electrons. The fourth-order valence-corrected chi connectivity index (χ4v) is 3.76. The van der Waals surface area contributed by atoms with Crippen LogP contribution in [0.5, 0.6) is 0 Å². The summed E-state index contributed by atoms with van der Waals surface area (Å²) < 4.78 is 27.1. The first-order valence-corrected chi connectivity index (χ1v) is 9.36. The highest BCUT2D eigenvalue weighted by molar-refractivity contribution is 7.92. The van der Waals surface area contributed by atoms with Crippen molar-refractivity contribution in [3.63, 3.8) is 0 Å². The second-order valence-corrected chi connectivity index (χ2v) is 7.16. The van der Waals surface area contributed by atoms with Crippen LogP contribution in [0.2, 0.25) is 0 Å². The van der Waals surface area contributed by atoms with E-state index >= 15 is 0 Å². The van der Waals surface area contributed by atoms with Crippen molar-refractivity contribution in [2.75, 3.05) is 17.4 Å². The highest BCUT2D eigenvalue weighted by Gasteiger charge is 2.26. The number of carbonyl (C=O) groups excluding carboxylic acids is 1. The highest BCUT2D eigenvalue weighted by Crippen LogP contribution is 2.24. The van der Waals surface area contributed by atoms with Crippen molar-refractivity contribution >= 4 is 21.6 Å². The maximum atomic E-state index is 13.0. The summed E-state index contributed by atoms with van der Waals surface area (Å²) in [5.74, 6) is -0.337. The van der Waals surface area contributed by atoms with E-state index in [1.54, 1.807) is 37.3 Å². The summed E-state index contributed by atoms with van der Waals surface area (Å²) in [5, 5.41) is 2.65. The zero-order valence-corrected chi connectivity index (χ0v) is 14.7. The van der Waals surface area contributed by atoms with Crippen molar-refractivity contribution in [2.24, 2.45) is 0 Å². The summed E-state index contributed by atoms with van der Waals surface area (Å²) in [5.41, 5.74) is 1.58. The molecule has 2 aromatic carbocycles. The van der Waals surface area contributed by atoms with E-state index in [1.807, 2.05) is 19.1 Å². The second-order valence-electron chi connectivity index (χ2n) is 5.30. The Balaban J connectivity index is 2.43. The molecule has 24 heavy (non-hydrogen) atoms. The van der Waals surface area contributed by atoms with Crippen LogP contribution in [-0.2, 0) is 21.2 Å². The number of nitrogens with zero attached hydrogens (tertiary/aromatic N) is 1. The summed E-state index contributed by atoms with van der Waals surface area (Å²) in [4.78, 5) is 12.2. The topological polar surface area (TPSA) is 66.5 Å². The lowest BCUT2D eigenvalue weighted by Crippen LogP contribution is -2.40. The Kier molecular flexibility index (Phi) is 5.98. The minimum Gasteiger partial charge on any atom is -0.355 e. The second kappa shape index (κ2) is 7.97. The maximum Gasteiger partial charge on any atom is 0.264 e. The molecule has 1 amide bonds. The molecule has 0 atom stereocenters. The van der Waals surface area contributed by atoms with Crippen molar-refractivity contribution in [1.29, 1.82) is 0 Å². The molecule has 2 rings (SSSR count). The zero-order chi connectivity index (χ0) is 17.6. The Labute approximate surface area is 143 Å². The van der Waals surface area contributed by atoms with Gasteiger partial charge in [0, 0.05) is 6.54 Å². The van der Waals surface area contributed by atoms with Crippen LogP contribution in [0.1, 0.15) is 19.4 Å². The van der Waals surface area contributed by atoms with E-state index in [1.165, 1.54) is 12.1 Å². The number of hydrogen-bond acceptors (Lipinski definition) is 3. The van der Waals surface area contributed by atoms with Crippen LogP contribution in [0.25, 0.3) is 0 Å². The molecule has 0 aliphatic heterocycles. The third-order valence-electron chi connectivity index (χ3n) is 3.62. The predicted octanol–water partition coefficient (Wildman–Crippen LogP) is 2.58. The predicted molar refractivity (Wildman–Crippen MR) is 95.5 cm³/mol. The van der Waals surface area contributed by atoms with Crippen LogP contribution in [0, 0.1) is 0 Å². The standard InChI is InChI=1S/C18H22N2O3S/c1-3-15-10-12-16(13-11-15)20(14-18(21)19-4-2)24(22,23)17-8-6-5-7-9-17/h5-13H,3-4,14H2,1-2H3,(H,19,21). The van der Waals surface area contributed by atoms with Crippen molar-refractivity contribution in [2.45, 2.75) is 25.2 Å². The van der Waals surface area contributed by atoms with Gasteiger partial charge in [0.05, 0.1) is 10.6 Å². The van der Waals surface area contributed by atoms with Gasteiger partial charge in [-0.15, -0.1) is 0 Å². The van der Waals surface area contributed by atoms with E-state index in [0.29, 0.717) is 12.2 Å². The Hall–Kier alpha value is -2.34. The average Bonchev–Trinajstić information content (AvgIpc) is 2.61. The quantitative estimate of drug-likeness (QED) is 0.838. The lowest BCUT2D eigenvalue weighted by molar-refractivity contribution is -0.119. The molecule has 6 heteroatoms. The number of sulfonamides is 1. The molecule has 0 aromatic heterocycles. The molecule has 0 aliphatic rings. The molecule has 0 heterocycles. The van der Waals surface area contributed by atoms with E-state index in [2.05, 4.69) is 5.32 Å². The number of amides is 1. The third-order valence-corrected chi connectivity index (χ3v) is 5.41. The van der Waals surface area contributed by atoms with Crippen LogP contribution in [0.15, 0.2) is 59.5 Å². The molecule has 0 aliphatic carbocycles. The van der Waals surface area contributed by atoms with Crippen LogP contribution < -0.4 is 9.62 Å². The molecule has 5 nitrogen and oxygen atoms in total. The van der Waals surface area contributed by atoms with E-state index in [4.69, 9.17) is 0 Å². The van der Waals surface area contributed by atoms with Gasteiger partial charge in [-0.25, -0.2) is 8.42 Å². The number of carbonyl (C=O) groups is 1. The van der Waals surface area contributed by atoms with Gasteiger partial charge in [-0.2, -0.15) is 0 Å². The van der Waals surface area contributed by atoms with Crippen LogP contribution in [0.3, 0.4) is 0 Å². The Morgan fingerprint density at radius 3 is 2.17 bits per heavy atom. The minimum absolute atomic E-state index is 0.161. The molecule has 2 aromatic rings. The number of likely N-dealkylation sites (N-methyl/N-ethyl adjacent to an activating group) is 1. The molecular formula is C18H22N2O3S. The number of anilines is 1. The molecule has 0 saturated carbocycles. The van der Waals surface area contributed by atoms with Gasteiger partial charge in [0.2, 0.25) is 5.91 Å². The van der Waals surface area contributed by atoms with Gasteiger partial charge >= 0.3 is 0 Å². The van der Waals surface area contributed by atoms with Crippen molar-refractivity contribution in [3.8, 4) is 0 Å². The summed E-state index contributed by atoms with van der Waals surface area (Å²) in [6, 6.07) is 15.4. The first-order valence-electron chi connectivity index (χ1n) is 7.92. The van der Waals surface area contributed by atoms with E-state index in [9.17, 15) is 13.2 Å². The van der Waals surface area contributed by atoms with Crippen molar-refractivity contribution < 1.29 is 13.2 Å². The smallest absolute Gasteiger partial charge is 0.264 e.